The molecule has 4 nitrogen and oxygen atoms in total. The van der Waals surface area contributed by atoms with Crippen LogP contribution in [0.2, 0.25) is 0 Å². The van der Waals surface area contributed by atoms with E-state index in [1.165, 1.54) is 0 Å². The molecule has 90 valence electrons. The molecule has 1 atom stereocenters. The van der Waals surface area contributed by atoms with Crippen molar-refractivity contribution in [1.29, 1.82) is 0 Å². The van der Waals surface area contributed by atoms with Gasteiger partial charge in [0, 0.05) is 13.0 Å². The van der Waals surface area contributed by atoms with Gasteiger partial charge < -0.3 is 15.2 Å². The minimum Gasteiger partial charge on any atom is -0.463 e. The molecule has 0 saturated carbocycles. The second kappa shape index (κ2) is 9.93. The fourth-order valence-corrected chi connectivity index (χ4v) is 0.990. The molecule has 0 saturated heterocycles. The third-order valence-electron chi connectivity index (χ3n) is 2.05. The Kier molecular flexibility index (Phi) is 9.52. The maximum absolute atomic E-state index is 11.2. The molecule has 0 aliphatic rings. The first kappa shape index (κ1) is 14.4. The second-order valence-electron chi connectivity index (χ2n) is 3.73. The quantitative estimate of drug-likeness (QED) is 0.467. The predicted octanol–water partition coefficient (Wildman–Crippen LogP) is 1.33. The standard InChI is InChI=1S/C11H23NO3/c1-3-4-5-14-6-7-15-11(13)8-10(2)9-12/h10H,3-9,12H2,1-2H3. The van der Waals surface area contributed by atoms with E-state index < -0.39 is 0 Å². The van der Waals surface area contributed by atoms with E-state index in [1.54, 1.807) is 0 Å². The van der Waals surface area contributed by atoms with Crippen LogP contribution in [0.1, 0.15) is 33.1 Å². The van der Waals surface area contributed by atoms with E-state index in [-0.39, 0.29) is 11.9 Å². The predicted molar refractivity (Wildman–Crippen MR) is 59.5 cm³/mol. The molecule has 2 N–H and O–H groups in total. The van der Waals surface area contributed by atoms with Crippen LogP contribution in [0.3, 0.4) is 0 Å². The fraction of sp³-hybridized carbons (Fsp3) is 0.909. The highest BCUT2D eigenvalue weighted by molar-refractivity contribution is 5.69. The third-order valence-corrected chi connectivity index (χ3v) is 2.05. The number of carbonyl (C=O) groups is 1. The van der Waals surface area contributed by atoms with Gasteiger partial charge in [-0.3, -0.25) is 4.79 Å². The van der Waals surface area contributed by atoms with Gasteiger partial charge in [0.1, 0.15) is 6.61 Å². The van der Waals surface area contributed by atoms with Crippen LogP contribution >= 0.6 is 0 Å². The summed E-state index contributed by atoms with van der Waals surface area (Å²) in [7, 11) is 0. The van der Waals surface area contributed by atoms with E-state index in [2.05, 4.69) is 6.92 Å². The summed E-state index contributed by atoms with van der Waals surface area (Å²) in [6.45, 7) is 6.13. The van der Waals surface area contributed by atoms with Crippen molar-refractivity contribution in [1.82, 2.24) is 0 Å². The average Bonchev–Trinajstić information content (AvgIpc) is 2.23. The summed E-state index contributed by atoms with van der Waals surface area (Å²) in [4.78, 5) is 11.2. The van der Waals surface area contributed by atoms with Gasteiger partial charge in [0.15, 0.2) is 0 Å². The second-order valence-corrected chi connectivity index (χ2v) is 3.73. The molecule has 0 amide bonds. The van der Waals surface area contributed by atoms with Gasteiger partial charge in [-0.05, 0) is 18.9 Å². The molecule has 15 heavy (non-hydrogen) atoms. The minimum atomic E-state index is -0.188. The van der Waals surface area contributed by atoms with Crippen molar-refractivity contribution in [2.75, 3.05) is 26.4 Å². The van der Waals surface area contributed by atoms with Crippen LogP contribution in [0.4, 0.5) is 0 Å². The zero-order valence-electron chi connectivity index (χ0n) is 9.83. The lowest BCUT2D eigenvalue weighted by molar-refractivity contribution is -0.146. The van der Waals surface area contributed by atoms with E-state index in [4.69, 9.17) is 15.2 Å². The molecule has 0 aromatic rings. The van der Waals surface area contributed by atoms with Crippen LogP contribution < -0.4 is 5.73 Å². The molecular formula is C11H23NO3. The third kappa shape index (κ3) is 9.69. The minimum absolute atomic E-state index is 0.188. The van der Waals surface area contributed by atoms with Crippen molar-refractivity contribution in [3.8, 4) is 0 Å². The smallest absolute Gasteiger partial charge is 0.306 e. The summed E-state index contributed by atoms with van der Waals surface area (Å²) in [5, 5.41) is 0. The fourth-order valence-electron chi connectivity index (χ4n) is 0.990. The first-order valence-corrected chi connectivity index (χ1v) is 5.64. The molecule has 0 bridgehead atoms. The highest BCUT2D eigenvalue weighted by Gasteiger charge is 2.07. The van der Waals surface area contributed by atoms with Crippen LogP contribution in [0.25, 0.3) is 0 Å². The van der Waals surface area contributed by atoms with E-state index in [1.807, 2.05) is 6.92 Å². The van der Waals surface area contributed by atoms with Gasteiger partial charge >= 0.3 is 5.97 Å². The van der Waals surface area contributed by atoms with Crippen molar-refractivity contribution in [3.05, 3.63) is 0 Å². The van der Waals surface area contributed by atoms with Gasteiger partial charge in [0.05, 0.1) is 6.61 Å². The topological polar surface area (TPSA) is 61.5 Å². The SMILES string of the molecule is CCCCOCCOC(=O)CC(C)CN. The number of rotatable bonds is 9. The summed E-state index contributed by atoms with van der Waals surface area (Å²) in [5.74, 6) is 0.00514. The van der Waals surface area contributed by atoms with Crippen LogP contribution in [-0.2, 0) is 14.3 Å². The van der Waals surface area contributed by atoms with Crippen molar-refractivity contribution in [3.63, 3.8) is 0 Å². The lowest BCUT2D eigenvalue weighted by Crippen LogP contribution is -2.18. The van der Waals surface area contributed by atoms with E-state index in [9.17, 15) is 4.79 Å². The maximum atomic E-state index is 11.2. The van der Waals surface area contributed by atoms with Gasteiger partial charge in [-0.2, -0.15) is 0 Å². The molecule has 4 heteroatoms. The van der Waals surface area contributed by atoms with E-state index in [0.717, 1.165) is 19.4 Å². The van der Waals surface area contributed by atoms with Crippen molar-refractivity contribution in [2.24, 2.45) is 11.7 Å². The van der Waals surface area contributed by atoms with Crippen LogP contribution in [0.5, 0.6) is 0 Å². The Hall–Kier alpha value is -0.610. The normalized spacial score (nSPS) is 12.5. The largest absolute Gasteiger partial charge is 0.463 e. The lowest BCUT2D eigenvalue weighted by atomic mass is 10.1. The number of hydrogen-bond donors (Lipinski definition) is 1. The Morgan fingerprint density at radius 2 is 2.07 bits per heavy atom. The average molecular weight is 217 g/mol. The number of nitrogens with two attached hydrogens (primary N) is 1. The van der Waals surface area contributed by atoms with Gasteiger partial charge in [-0.25, -0.2) is 0 Å². The van der Waals surface area contributed by atoms with Gasteiger partial charge in [-0.1, -0.05) is 20.3 Å². The Bertz CT molecular complexity index is 162. The number of esters is 1. The molecule has 0 spiro atoms. The first-order valence-electron chi connectivity index (χ1n) is 5.64. The Balaban J connectivity index is 3.24. The maximum Gasteiger partial charge on any atom is 0.306 e. The zero-order valence-corrected chi connectivity index (χ0v) is 9.83. The van der Waals surface area contributed by atoms with Crippen LogP contribution in [-0.4, -0.2) is 32.3 Å². The van der Waals surface area contributed by atoms with Crippen molar-refractivity contribution >= 4 is 5.97 Å². The highest BCUT2D eigenvalue weighted by Crippen LogP contribution is 2.00. The Morgan fingerprint density at radius 3 is 2.67 bits per heavy atom. The van der Waals surface area contributed by atoms with Gasteiger partial charge in [0.25, 0.3) is 0 Å². The number of unbranched alkanes of at least 4 members (excludes halogenated alkanes) is 1. The molecule has 0 aromatic carbocycles. The Labute approximate surface area is 92.1 Å². The van der Waals surface area contributed by atoms with Crippen molar-refractivity contribution in [2.45, 2.75) is 33.1 Å². The molecule has 0 rings (SSSR count). The van der Waals surface area contributed by atoms with E-state index in [0.29, 0.717) is 26.2 Å². The van der Waals surface area contributed by atoms with Gasteiger partial charge in [0.2, 0.25) is 0 Å². The molecule has 0 aliphatic heterocycles. The number of ether oxygens (including phenoxy) is 2. The summed E-state index contributed by atoms with van der Waals surface area (Å²) < 4.78 is 10.2. The first-order chi connectivity index (χ1) is 7.20. The lowest BCUT2D eigenvalue weighted by Gasteiger charge is -2.08. The zero-order chi connectivity index (χ0) is 11.5. The van der Waals surface area contributed by atoms with Crippen molar-refractivity contribution < 1.29 is 14.3 Å². The summed E-state index contributed by atoms with van der Waals surface area (Å²) >= 11 is 0. The summed E-state index contributed by atoms with van der Waals surface area (Å²) in [6, 6.07) is 0. The van der Waals surface area contributed by atoms with Gasteiger partial charge in [-0.15, -0.1) is 0 Å². The Morgan fingerprint density at radius 1 is 1.33 bits per heavy atom. The molecule has 0 heterocycles. The van der Waals surface area contributed by atoms with E-state index >= 15 is 0 Å². The molecule has 0 radical (unpaired) electrons. The molecular weight excluding hydrogens is 194 g/mol. The molecule has 0 aromatic heterocycles. The summed E-state index contributed by atoms with van der Waals surface area (Å²) in [6.07, 6.45) is 2.57. The molecule has 0 aliphatic carbocycles. The van der Waals surface area contributed by atoms with Crippen LogP contribution in [0, 0.1) is 5.92 Å². The molecule has 1 unspecified atom stereocenters. The number of hydrogen-bond acceptors (Lipinski definition) is 4. The summed E-state index contributed by atoms with van der Waals surface area (Å²) in [5.41, 5.74) is 5.40. The van der Waals surface area contributed by atoms with Crippen LogP contribution in [0.15, 0.2) is 0 Å². The molecule has 0 fully saturated rings. The monoisotopic (exact) mass is 217 g/mol. The number of carbonyl (C=O) groups excluding carboxylic acids is 1. The highest BCUT2D eigenvalue weighted by atomic mass is 16.6.